The first-order chi connectivity index (χ1) is 11.4. The van der Waals surface area contributed by atoms with E-state index in [2.05, 4.69) is 60.3 Å². The minimum atomic E-state index is 0.142. The second kappa shape index (κ2) is 6.53. The number of aromatic nitrogens is 3. The molecule has 1 heterocycles. The van der Waals surface area contributed by atoms with Gasteiger partial charge in [0, 0.05) is 5.56 Å². The van der Waals surface area contributed by atoms with Gasteiger partial charge in [-0.1, -0.05) is 75.4 Å². The van der Waals surface area contributed by atoms with Gasteiger partial charge in [-0.15, -0.1) is 0 Å². The Morgan fingerprint density at radius 3 is 2.33 bits per heavy atom. The molecule has 0 atom stereocenters. The van der Waals surface area contributed by atoms with Crippen molar-refractivity contribution in [1.82, 2.24) is 14.9 Å². The van der Waals surface area contributed by atoms with E-state index >= 15 is 0 Å². The van der Waals surface area contributed by atoms with Gasteiger partial charge in [0.1, 0.15) is 0 Å². The Balaban J connectivity index is 1.91. The topological polar surface area (TPSA) is 46.0 Å². The van der Waals surface area contributed by atoms with Crippen LogP contribution in [0.4, 0.5) is 0 Å². The molecule has 0 aliphatic heterocycles. The van der Waals surface area contributed by atoms with E-state index in [1.807, 2.05) is 30.3 Å². The normalized spacial score (nSPS) is 12.0. The van der Waals surface area contributed by atoms with Gasteiger partial charge >= 0.3 is 0 Å². The second-order valence-electron chi connectivity index (χ2n) is 6.65. The molecule has 0 aliphatic carbocycles. The molecule has 0 bridgehead atoms. The van der Waals surface area contributed by atoms with E-state index in [9.17, 15) is 0 Å². The number of nitrogens with one attached hydrogen (secondary N) is 1. The quantitative estimate of drug-likeness (QED) is 0.552. The average molecular weight is 336 g/mol. The molecule has 0 amide bonds. The van der Waals surface area contributed by atoms with E-state index in [0.29, 0.717) is 10.6 Å². The van der Waals surface area contributed by atoms with E-state index in [4.69, 9.17) is 12.2 Å². The summed E-state index contributed by atoms with van der Waals surface area (Å²) in [5, 5.41) is 11.6. The van der Waals surface area contributed by atoms with Crippen molar-refractivity contribution in [2.75, 3.05) is 0 Å². The monoisotopic (exact) mass is 336 g/mol. The van der Waals surface area contributed by atoms with Crippen molar-refractivity contribution in [3.8, 4) is 11.4 Å². The molecule has 2 aromatic carbocycles. The van der Waals surface area contributed by atoms with Crippen molar-refractivity contribution in [3.63, 3.8) is 0 Å². The molecule has 0 unspecified atom stereocenters. The highest BCUT2D eigenvalue weighted by atomic mass is 32.1. The zero-order valence-corrected chi connectivity index (χ0v) is 14.8. The predicted octanol–water partition coefficient (Wildman–Crippen LogP) is 4.79. The molecule has 0 radical (unpaired) electrons. The first-order valence-corrected chi connectivity index (χ1v) is 8.24. The molecule has 3 aromatic rings. The molecule has 0 saturated carbocycles. The van der Waals surface area contributed by atoms with Gasteiger partial charge in [0.05, 0.1) is 6.21 Å². The molecule has 0 spiro atoms. The average Bonchev–Trinajstić information content (AvgIpc) is 2.94. The number of rotatable bonds is 3. The van der Waals surface area contributed by atoms with Gasteiger partial charge in [-0.3, -0.25) is 0 Å². The Labute approximate surface area is 146 Å². The van der Waals surface area contributed by atoms with E-state index in [0.717, 1.165) is 11.1 Å². The van der Waals surface area contributed by atoms with Crippen molar-refractivity contribution in [3.05, 3.63) is 70.5 Å². The Morgan fingerprint density at radius 2 is 1.71 bits per heavy atom. The van der Waals surface area contributed by atoms with Crippen LogP contribution in [0.5, 0.6) is 0 Å². The van der Waals surface area contributed by atoms with E-state index in [1.165, 1.54) is 5.56 Å². The van der Waals surface area contributed by atoms with Crippen LogP contribution < -0.4 is 0 Å². The van der Waals surface area contributed by atoms with Gasteiger partial charge < -0.3 is 0 Å². The molecule has 122 valence electrons. The number of aromatic amines is 1. The van der Waals surface area contributed by atoms with E-state index in [1.54, 1.807) is 10.9 Å². The smallest absolute Gasteiger partial charge is 0.216 e. The van der Waals surface area contributed by atoms with Gasteiger partial charge in [0.15, 0.2) is 5.82 Å². The van der Waals surface area contributed by atoms with Crippen LogP contribution in [-0.2, 0) is 5.41 Å². The first kappa shape index (κ1) is 16.3. The minimum Gasteiger partial charge on any atom is -0.250 e. The molecule has 1 aromatic heterocycles. The van der Waals surface area contributed by atoms with Crippen LogP contribution in [-0.4, -0.2) is 21.1 Å². The third-order valence-electron chi connectivity index (χ3n) is 3.78. The van der Waals surface area contributed by atoms with Crippen molar-refractivity contribution in [1.29, 1.82) is 0 Å². The molecule has 24 heavy (non-hydrogen) atoms. The van der Waals surface area contributed by atoms with Crippen LogP contribution in [0.1, 0.15) is 31.9 Å². The third kappa shape index (κ3) is 3.51. The number of H-pyrrole nitrogens is 1. The van der Waals surface area contributed by atoms with Crippen molar-refractivity contribution < 1.29 is 0 Å². The van der Waals surface area contributed by atoms with Crippen LogP contribution in [0.15, 0.2) is 59.7 Å². The van der Waals surface area contributed by atoms with Gasteiger partial charge in [0.2, 0.25) is 4.77 Å². The summed E-state index contributed by atoms with van der Waals surface area (Å²) in [6, 6.07) is 18.3. The molecular weight excluding hydrogens is 316 g/mol. The zero-order valence-electron chi connectivity index (χ0n) is 14.0. The Kier molecular flexibility index (Phi) is 4.44. The van der Waals surface area contributed by atoms with Gasteiger partial charge in [-0.2, -0.15) is 14.9 Å². The van der Waals surface area contributed by atoms with Crippen LogP contribution in [0.25, 0.3) is 11.4 Å². The first-order valence-electron chi connectivity index (χ1n) is 7.83. The standard InChI is InChI=1S/C19H20N4S/c1-19(2,3)16-11-9-14(10-12-16)13-20-23-17(21-22-18(23)24)15-7-5-4-6-8-15/h4-13H,1-3H3,(H,22,24)/b20-13-. The fourth-order valence-electron chi connectivity index (χ4n) is 2.37. The van der Waals surface area contributed by atoms with Gasteiger partial charge in [-0.05, 0) is 28.8 Å². The summed E-state index contributed by atoms with van der Waals surface area (Å²) in [5.41, 5.74) is 3.42. The van der Waals surface area contributed by atoms with Crippen LogP contribution in [0.3, 0.4) is 0 Å². The summed E-state index contributed by atoms with van der Waals surface area (Å²) < 4.78 is 2.11. The fraction of sp³-hybridized carbons (Fsp3) is 0.211. The maximum absolute atomic E-state index is 5.29. The van der Waals surface area contributed by atoms with Crippen LogP contribution >= 0.6 is 12.2 Å². The van der Waals surface area contributed by atoms with Crippen molar-refractivity contribution >= 4 is 18.4 Å². The Morgan fingerprint density at radius 1 is 1.04 bits per heavy atom. The molecule has 4 nitrogen and oxygen atoms in total. The molecule has 0 fully saturated rings. The summed E-state index contributed by atoms with van der Waals surface area (Å²) in [6.45, 7) is 6.60. The summed E-state index contributed by atoms with van der Waals surface area (Å²) in [7, 11) is 0. The maximum atomic E-state index is 5.29. The largest absolute Gasteiger partial charge is 0.250 e. The molecule has 5 heteroatoms. The van der Waals surface area contributed by atoms with Crippen molar-refractivity contribution in [2.24, 2.45) is 5.10 Å². The number of nitrogens with zero attached hydrogens (tertiary/aromatic N) is 3. The molecule has 0 saturated heterocycles. The zero-order chi connectivity index (χ0) is 17.2. The predicted molar refractivity (Wildman–Crippen MR) is 101 cm³/mol. The Bertz CT molecular complexity index is 897. The summed E-state index contributed by atoms with van der Waals surface area (Å²) in [4.78, 5) is 0. The van der Waals surface area contributed by atoms with Crippen LogP contribution in [0, 0.1) is 4.77 Å². The lowest BCUT2D eigenvalue weighted by molar-refractivity contribution is 0.590. The highest BCUT2D eigenvalue weighted by Gasteiger charge is 2.12. The second-order valence-corrected chi connectivity index (χ2v) is 7.03. The summed E-state index contributed by atoms with van der Waals surface area (Å²) in [5.74, 6) is 0.697. The lowest BCUT2D eigenvalue weighted by atomic mass is 9.87. The minimum absolute atomic E-state index is 0.142. The lowest BCUT2D eigenvalue weighted by Crippen LogP contribution is -2.10. The summed E-state index contributed by atoms with van der Waals surface area (Å²) >= 11 is 5.29. The number of hydrogen-bond acceptors (Lipinski definition) is 3. The van der Waals surface area contributed by atoms with Gasteiger partial charge in [-0.25, -0.2) is 5.10 Å². The molecule has 0 aliphatic rings. The SMILES string of the molecule is CC(C)(C)c1ccc(/C=N\n2c(-c3ccccc3)n[nH]c2=S)cc1. The third-order valence-corrected chi connectivity index (χ3v) is 4.05. The van der Waals surface area contributed by atoms with Gasteiger partial charge in [0.25, 0.3) is 0 Å². The highest BCUT2D eigenvalue weighted by Crippen LogP contribution is 2.22. The lowest BCUT2D eigenvalue weighted by Gasteiger charge is -2.18. The number of benzene rings is 2. The fourth-order valence-corrected chi connectivity index (χ4v) is 2.55. The molecular formula is C19H20N4S. The van der Waals surface area contributed by atoms with E-state index in [-0.39, 0.29) is 5.41 Å². The Hall–Kier alpha value is -2.53. The van der Waals surface area contributed by atoms with Crippen molar-refractivity contribution in [2.45, 2.75) is 26.2 Å². The molecule has 1 N–H and O–H groups in total. The highest BCUT2D eigenvalue weighted by molar-refractivity contribution is 7.71. The number of hydrogen-bond donors (Lipinski definition) is 1. The maximum Gasteiger partial charge on any atom is 0.216 e. The van der Waals surface area contributed by atoms with E-state index < -0.39 is 0 Å². The summed E-state index contributed by atoms with van der Waals surface area (Å²) in [6.07, 6.45) is 1.80. The van der Waals surface area contributed by atoms with Crippen LogP contribution in [0.2, 0.25) is 0 Å². The molecule has 3 rings (SSSR count).